The number of fused-ring (bicyclic) bond motifs is 4. The van der Waals surface area contributed by atoms with Crippen LogP contribution in [-0.4, -0.2) is 9.13 Å². The molecule has 6 aromatic rings. The van der Waals surface area contributed by atoms with Gasteiger partial charge < -0.3 is 9.13 Å². The number of aromatic nitrogens is 2. The third-order valence-electron chi connectivity index (χ3n) is 7.48. The number of nitrogens with zero attached hydrogens (tertiary/aromatic N) is 2. The molecule has 0 fully saturated rings. The van der Waals surface area contributed by atoms with Crippen molar-refractivity contribution in [3.63, 3.8) is 0 Å². The Bertz CT molecular complexity index is 1940. The van der Waals surface area contributed by atoms with Gasteiger partial charge in [-0.15, -0.1) is 0 Å². The third kappa shape index (κ3) is 3.97. The lowest BCUT2D eigenvalue weighted by atomic mass is 10.00. The van der Waals surface area contributed by atoms with Gasteiger partial charge in [0, 0.05) is 33.1 Å². The summed E-state index contributed by atoms with van der Waals surface area (Å²) in [5, 5.41) is 3.74. The zero-order chi connectivity index (χ0) is 26.9. The van der Waals surface area contributed by atoms with E-state index in [4.69, 9.17) is 0 Å². The van der Waals surface area contributed by atoms with Crippen molar-refractivity contribution in [2.45, 2.75) is 20.8 Å². The molecule has 6 rings (SSSR count). The van der Waals surface area contributed by atoms with E-state index in [1.54, 1.807) is 0 Å². The minimum absolute atomic E-state index is 1.10. The van der Waals surface area contributed by atoms with E-state index in [1.807, 2.05) is 6.08 Å². The Labute approximate surface area is 230 Å². The molecule has 0 saturated heterocycles. The predicted octanol–water partition coefficient (Wildman–Crippen LogP) is 10.5. The molecule has 190 valence electrons. The molecule has 0 bridgehead atoms. The Morgan fingerprint density at radius 3 is 2.03 bits per heavy atom. The normalized spacial score (nSPS) is 12.5. The van der Waals surface area contributed by atoms with E-state index in [-0.39, 0.29) is 0 Å². The highest BCUT2D eigenvalue weighted by atomic mass is 15.0. The second kappa shape index (κ2) is 10.2. The molecule has 2 heteroatoms. The average molecular weight is 505 g/mol. The topological polar surface area (TPSA) is 9.86 Å². The number of hydrogen-bond acceptors (Lipinski definition) is 0. The van der Waals surface area contributed by atoms with Crippen molar-refractivity contribution >= 4 is 50.6 Å². The predicted molar refractivity (Wildman–Crippen MR) is 171 cm³/mol. The van der Waals surface area contributed by atoms with Gasteiger partial charge in [-0.1, -0.05) is 79.4 Å². The van der Waals surface area contributed by atoms with E-state index in [2.05, 4.69) is 158 Å². The highest BCUT2D eigenvalue weighted by Gasteiger charge is 2.17. The van der Waals surface area contributed by atoms with Gasteiger partial charge >= 0.3 is 0 Å². The molecule has 2 nitrogen and oxygen atoms in total. The van der Waals surface area contributed by atoms with Gasteiger partial charge in [0.15, 0.2) is 0 Å². The van der Waals surface area contributed by atoms with Crippen molar-refractivity contribution in [3.8, 4) is 16.8 Å². The summed E-state index contributed by atoms with van der Waals surface area (Å²) in [7, 11) is 0. The summed E-state index contributed by atoms with van der Waals surface area (Å²) in [5.41, 5.74) is 10.6. The summed E-state index contributed by atoms with van der Waals surface area (Å²) in [6.45, 7) is 10.4. The maximum Gasteiger partial charge on any atom is 0.0541 e. The van der Waals surface area contributed by atoms with E-state index in [0.717, 1.165) is 11.4 Å². The number of allylic oxidation sites excluding steroid dienone is 5. The van der Waals surface area contributed by atoms with Crippen molar-refractivity contribution in [3.05, 3.63) is 133 Å². The fourth-order valence-electron chi connectivity index (χ4n) is 5.81. The van der Waals surface area contributed by atoms with Crippen LogP contribution in [0.15, 0.2) is 122 Å². The molecule has 0 aliphatic rings. The Hall–Kier alpha value is -4.82. The number of hydrogen-bond donors (Lipinski definition) is 0. The van der Waals surface area contributed by atoms with Gasteiger partial charge in [0.1, 0.15) is 0 Å². The summed E-state index contributed by atoms with van der Waals surface area (Å²) in [5.74, 6) is 0. The monoisotopic (exact) mass is 504 g/mol. The zero-order valence-electron chi connectivity index (χ0n) is 22.7. The first-order valence-corrected chi connectivity index (χ1v) is 13.5. The van der Waals surface area contributed by atoms with E-state index < -0.39 is 0 Å². The molecule has 39 heavy (non-hydrogen) atoms. The van der Waals surface area contributed by atoms with E-state index in [1.165, 1.54) is 55.1 Å². The van der Waals surface area contributed by atoms with Gasteiger partial charge in [0.25, 0.3) is 0 Å². The van der Waals surface area contributed by atoms with Crippen LogP contribution in [0.2, 0.25) is 0 Å². The maximum absolute atomic E-state index is 4.17. The average Bonchev–Trinajstić information content (AvgIpc) is 3.48. The Balaban J connectivity index is 1.60. The molecule has 0 atom stereocenters. The molecule has 0 N–H and O–H groups in total. The third-order valence-corrected chi connectivity index (χ3v) is 7.48. The first kappa shape index (κ1) is 24.5. The van der Waals surface area contributed by atoms with E-state index >= 15 is 0 Å². The van der Waals surface area contributed by atoms with Gasteiger partial charge in [-0.2, -0.15) is 0 Å². The lowest BCUT2D eigenvalue weighted by molar-refractivity contribution is 1.15. The molecule has 0 unspecified atom stereocenters. The fraction of sp³-hybridized carbons (Fsp3) is 0.0811. The molecule has 0 saturated carbocycles. The summed E-state index contributed by atoms with van der Waals surface area (Å²) in [6.07, 6.45) is 12.6. The Morgan fingerprint density at radius 1 is 0.667 bits per heavy atom. The van der Waals surface area contributed by atoms with Gasteiger partial charge in [0.2, 0.25) is 0 Å². The lowest BCUT2D eigenvalue weighted by Crippen LogP contribution is -1.97. The van der Waals surface area contributed by atoms with Crippen LogP contribution >= 0.6 is 0 Å². The molecule has 4 aromatic carbocycles. The van der Waals surface area contributed by atoms with Gasteiger partial charge in [-0.05, 0) is 86.5 Å². The first-order chi connectivity index (χ1) is 19.2. The summed E-state index contributed by atoms with van der Waals surface area (Å²) in [6, 6.07) is 33.0. The minimum Gasteiger partial charge on any atom is -0.310 e. The SMILES string of the molecule is C=Cc1c(/C=C\C)c2cc(-c3ccc4c(c3)c3ccccc3n4-c3ccccc3)ccc2n1C(/C=C\C)=C/C. The van der Waals surface area contributed by atoms with Gasteiger partial charge in [-0.25, -0.2) is 0 Å². The van der Waals surface area contributed by atoms with Crippen LogP contribution in [0.1, 0.15) is 32.0 Å². The molecule has 0 aliphatic heterocycles. The summed E-state index contributed by atoms with van der Waals surface area (Å²) in [4.78, 5) is 0. The number of benzene rings is 4. The molecule has 0 aliphatic carbocycles. The maximum atomic E-state index is 4.17. The van der Waals surface area contributed by atoms with Crippen LogP contribution in [0.4, 0.5) is 0 Å². The van der Waals surface area contributed by atoms with Crippen molar-refractivity contribution < 1.29 is 0 Å². The van der Waals surface area contributed by atoms with Crippen LogP contribution < -0.4 is 0 Å². The quantitative estimate of drug-likeness (QED) is 0.200. The molecule has 0 radical (unpaired) electrons. The van der Waals surface area contributed by atoms with Crippen molar-refractivity contribution in [2.24, 2.45) is 0 Å². The van der Waals surface area contributed by atoms with Crippen LogP contribution in [-0.2, 0) is 0 Å². The Morgan fingerprint density at radius 2 is 1.33 bits per heavy atom. The second-order valence-corrected chi connectivity index (χ2v) is 9.70. The second-order valence-electron chi connectivity index (χ2n) is 9.70. The molecule has 2 aromatic heterocycles. The van der Waals surface area contributed by atoms with E-state index in [0.29, 0.717) is 0 Å². The van der Waals surface area contributed by atoms with Gasteiger partial charge in [-0.3, -0.25) is 0 Å². The molecule has 2 heterocycles. The van der Waals surface area contributed by atoms with Crippen molar-refractivity contribution in [1.29, 1.82) is 0 Å². The van der Waals surface area contributed by atoms with E-state index in [9.17, 15) is 0 Å². The van der Waals surface area contributed by atoms with Crippen molar-refractivity contribution in [1.82, 2.24) is 9.13 Å². The van der Waals surface area contributed by atoms with Crippen LogP contribution in [0.5, 0.6) is 0 Å². The van der Waals surface area contributed by atoms with Crippen LogP contribution in [0.25, 0.3) is 67.4 Å². The largest absolute Gasteiger partial charge is 0.310 e. The molecular weight excluding hydrogens is 472 g/mol. The minimum atomic E-state index is 1.10. The highest BCUT2D eigenvalue weighted by molar-refractivity contribution is 6.10. The first-order valence-electron chi connectivity index (χ1n) is 13.5. The summed E-state index contributed by atoms with van der Waals surface area (Å²) < 4.78 is 4.66. The Kier molecular flexibility index (Phi) is 6.38. The fourth-order valence-corrected chi connectivity index (χ4v) is 5.81. The lowest BCUT2D eigenvalue weighted by Gasteiger charge is -2.10. The highest BCUT2D eigenvalue weighted by Crippen LogP contribution is 2.38. The smallest absolute Gasteiger partial charge is 0.0541 e. The van der Waals surface area contributed by atoms with Crippen LogP contribution in [0, 0.1) is 0 Å². The summed E-state index contributed by atoms with van der Waals surface area (Å²) >= 11 is 0. The molecule has 0 spiro atoms. The standard InChI is InChI=1S/C37H32N2/c1-5-14-28(7-3)38-34(8-4)30(15-6-2)32-24-26(20-22-36(32)38)27-21-23-37-33(25-27)31-18-12-13-19-35(31)39(37)29-16-10-9-11-17-29/h5-25H,4H2,1-3H3/b14-5-,15-6-,28-7+. The molecule has 0 amide bonds. The molecular formula is C37H32N2. The number of para-hydroxylation sites is 2. The van der Waals surface area contributed by atoms with Crippen molar-refractivity contribution in [2.75, 3.05) is 0 Å². The number of rotatable bonds is 6. The van der Waals surface area contributed by atoms with Gasteiger partial charge in [0.05, 0.1) is 22.2 Å². The van der Waals surface area contributed by atoms with Crippen LogP contribution in [0.3, 0.4) is 0 Å². The zero-order valence-corrected chi connectivity index (χ0v) is 22.7.